The Balaban J connectivity index is 1.49. The van der Waals surface area contributed by atoms with E-state index in [2.05, 4.69) is 43.0 Å². The maximum Gasteiger partial charge on any atom is 0.177 e. The van der Waals surface area contributed by atoms with Gasteiger partial charge in [0.05, 0.1) is 11.3 Å². The van der Waals surface area contributed by atoms with E-state index in [4.69, 9.17) is 9.47 Å². The molecule has 3 saturated carbocycles. The Morgan fingerprint density at radius 3 is 2.89 bits per heavy atom. The van der Waals surface area contributed by atoms with Crippen molar-refractivity contribution in [2.75, 3.05) is 7.11 Å². The van der Waals surface area contributed by atoms with Crippen molar-refractivity contribution < 1.29 is 14.7 Å². The molecule has 0 saturated heterocycles. The molecule has 4 heteroatoms. The van der Waals surface area contributed by atoms with Crippen LogP contribution in [0.3, 0.4) is 0 Å². The van der Waals surface area contributed by atoms with Crippen molar-refractivity contribution in [2.45, 2.75) is 63.8 Å². The molecule has 4 aliphatic carbocycles. The first-order chi connectivity index (χ1) is 13.5. The third-order valence-corrected chi connectivity index (χ3v) is 9.10. The fourth-order valence-corrected chi connectivity index (χ4v) is 7.77. The lowest BCUT2D eigenvalue weighted by molar-refractivity contribution is -0.192. The Morgan fingerprint density at radius 2 is 2.18 bits per heavy atom. The van der Waals surface area contributed by atoms with Gasteiger partial charge < -0.3 is 14.7 Å². The molecule has 1 spiro atoms. The molecule has 5 rings (SSSR count). The van der Waals surface area contributed by atoms with Gasteiger partial charge in [-0.2, -0.15) is 0 Å². The number of nitrogens with zero attached hydrogens (tertiary/aromatic N) is 1. The molecule has 1 heterocycles. The van der Waals surface area contributed by atoms with Crippen LogP contribution in [0.2, 0.25) is 0 Å². The monoisotopic (exact) mass is 383 g/mol. The van der Waals surface area contributed by atoms with Crippen LogP contribution in [0.5, 0.6) is 0 Å². The molecule has 0 bridgehead atoms. The summed E-state index contributed by atoms with van der Waals surface area (Å²) in [6.07, 6.45) is 16.5. The SMILES string of the molecule is C=C[C@H]1CC2=C/C(=N/O)CC[C@@H]2C2CC[C@@]3(C)C(CC[C@@]34C=CC(OC)O4)C21. The summed E-state index contributed by atoms with van der Waals surface area (Å²) in [4.78, 5) is 0. The number of hydrogen-bond acceptors (Lipinski definition) is 4. The van der Waals surface area contributed by atoms with Crippen LogP contribution in [0.15, 0.2) is 41.6 Å². The molecular weight excluding hydrogens is 350 g/mol. The maximum atomic E-state index is 9.25. The van der Waals surface area contributed by atoms with E-state index in [1.54, 1.807) is 7.11 Å². The van der Waals surface area contributed by atoms with Gasteiger partial charge in [0.25, 0.3) is 0 Å². The number of fused-ring (bicyclic) bond motifs is 6. The average molecular weight is 384 g/mol. The molecule has 28 heavy (non-hydrogen) atoms. The lowest BCUT2D eigenvalue weighted by Crippen LogP contribution is -2.54. The second-order valence-electron chi connectivity index (χ2n) is 9.87. The second kappa shape index (κ2) is 6.56. The van der Waals surface area contributed by atoms with Gasteiger partial charge in [-0.1, -0.05) is 29.8 Å². The van der Waals surface area contributed by atoms with Crippen molar-refractivity contribution >= 4 is 5.71 Å². The molecule has 0 aromatic carbocycles. The van der Waals surface area contributed by atoms with E-state index in [1.807, 2.05) is 0 Å². The summed E-state index contributed by atoms with van der Waals surface area (Å²) in [7, 11) is 1.73. The summed E-state index contributed by atoms with van der Waals surface area (Å²) in [5, 5.41) is 12.7. The van der Waals surface area contributed by atoms with Gasteiger partial charge in [-0.25, -0.2) is 0 Å². The van der Waals surface area contributed by atoms with Gasteiger partial charge in [-0.05, 0) is 86.7 Å². The van der Waals surface area contributed by atoms with Crippen LogP contribution in [-0.4, -0.2) is 29.9 Å². The van der Waals surface area contributed by atoms with Gasteiger partial charge in [-0.3, -0.25) is 0 Å². The summed E-state index contributed by atoms with van der Waals surface area (Å²) in [5.74, 6) is 3.24. The van der Waals surface area contributed by atoms with E-state index in [0.717, 1.165) is 37.3 Å². The van der Waals surface area contributed by atoms with Gasteiger partial charge in [0.1, 0.15) is 0 Å². The lowest BCUT2D eigenvalue weighted by atomic mass is 9.48. The van der Waals surface area contributed by atoms with Crippen LogP contribution in [0.4, 0.5) is 0 Å². The third kappa shape index (κ3) is 2.40. The summed E-state index contributed by atoms with van der Waals surface area (Å²) in [5.41, 5.74) is 2.36. The molecule has 0 radical (unpaired) electrons. The zero-order valence-corrected chi connectivity index (χ0v) is 17.1. The standard InChI is InChI=1S/C24H33NO3/c1-4-15-13-16-14-17(25-26)5-6-18(16)19-7-10-23(2)20(22(15)19)8-11-24(23)12-9-21(27-3)28-24/h4,9,12,14-15,18-22,26H,1,5-8,10-11,13H2,2-3H3/b25-17+/t15-,18-,19?,20?,21?,22?,23-,24+/m0/s1. The summed E-state index contributed by atoms with van der Waals surface area (Å²) in [6, 6.07) is 0. The molecule has 4 nitrogen and oxygen atoms in total. The third-order valence-electron chi connectivity index (χ3n) is 9.10. The van der Waals surface area contributed by atoms with Gasteiger partial charge in [0, 0.05) is 12.5 Å². The Morgan fingerprint density at radius 1 is 1.32 bits per heavy atom. The summed E-state index contributed by atoms with van der Waals surface area (Å²) >= 11 is 0. The van der Waals surface area contributed by atoms with Gasteiger partial charge in [0.15, 0.2) is 6.29 Å². The quantitative estimate of drug-likeness (QED) is 0.410. The fourth-order valence-electron chi connectivity index (χ4n) is 7.77. The largest absolute Gasteiger partial charge is 0.411 e. The molecule has 4 unspecified atom stereocenters. The summed E-state index contributed by atoms with van der Waals surface area (Å²) in [6.45, 7) is 6.71. The van der Waals surface area contributed by atoms with Crippen LogP contribution in [0, 0.1) is 35.0 Å². The predicted molar refractivity (Wildman–Crippen MR) is 109 cm³/mol. The first kappa shape index (κ1) is 18.6. The second-order valence-corrected chi connectivity index (χ2v) is 9.87. The predicted octanol–water partition coefficient (Wildman–Crippen LogP) is 5.10. The number of ether oxygens (including phenoxy) is 2. The molecule has 152 valence electrons. The Hall–Kier alpha value is -1.39. The highest BCUT2D eigenvalue weighted by atomic mass is 16.7. The maximum absolute atomic E-state index is 9.25. The van der Waals surface area contributed by atoms with Crippen LogP contribution in [0.25, 0.3) is 0 Å². The average Bonchev–Trinajstić information content (AvgIpc) is 3.28. The minimum absolute atomic E-state index is 0.158. The highest BCUT2D eigenvalue weighted by Gasteiger charge is 2.65. The van der Waals surface area contributed by atoms with Crippen LogP contribution < -0.4 is 0 Å². The molecule has 8 atom stereocenters. The number of rotatable bonds is 2. The van der Waals surface area contributed by atoms with E-state index in [-0.39, 0.29) is 17.3 Å². The van der Waals surface area contributed by atoms with Gasteiger partial charge in [-0.15, -0.1) is 6.58 Å². The van der Waals surface area contributed by atoms with Crippen molar-refractivity contribution in [1.29, 1.82) is 0 Å². The first-order valence-corrected chi connectivity index (χ1v) is 11.0. The molecule has 1 aliphatic heterocycles. The van der Waals surface area contributed by atoms with Gasteiger partial charge >= 0.3 is 0 Å². The number of methoxy groups -OCH3 is 1. The minimum atomic E-state index is -0.195. The van der Waals surface area contributed by atoms with Crippen LogP contribution >= 0.6 is 0 Å². The van der Waals surface area contributed by atoms with Crippen molar-refractivity contribution in [3.63, 3.8) is 0 Å². The summed E-state index contributed by atoms with van der Waals surface area (Å²) < 4.78 is 12.0. The zero-order chi connectivity index (χ0) is 19.5. The fraction of sp³-hybridized carbons (Fsp3) is 0.708. The normalized spacial score (nSPS) is 50.9. The van der Waals surface area contributed by atoms with E-state index in [1.165, 1.54) is 24.8 Å². The van der Waals surface area contributed by atoms with Gasteiger partial charge in [0.2, 0.25) is 0 Å². The molecule has 3 fully saturated rings. The van der Waals surface area contributed by atoms with E-state index < -0.39 is 0 Å². The van der Waals surface area contributed by atoms with Crippen LogP contribution in [0.1, 0.15) is 51.9 Å². The zero-order valence-electron chi connectivity index (χ0n) is 17.1. The topological polar surface area (TPSA) is 51.1 Å². The Kier molecular flexibility index (Phi) is 4.37. The Labute approximate surface area is 168 Å². The van der Waals surface area contributed by atoms with E-state index in [0.29, 0.717) is 23.7 Å². The van der Waals surface area contributed by atoms with Crippen LogP contribution in [-0.2, 0) is 9.47 Å². The van der Waals surface area contributed by atoms with Crippen molar-refractivity contribution in [2.24, 2.45) is 40.2 Å². The molecule has 0 amide bonds. The smallest absolute Gasteiger partial charge is 0.177 e. The van der Waals surface area contributed by atoms with Crippen molar-refractivity contribution in [1.82, 2.24) is 0 Å². The molecule has 5 aliphatic rings. The molecule has 0 aromatic rings. The Bertz CT molecular complexity index is 755. The number of hydrogen-bond donors (Lipinski definition) is 1. The minimum Gasteiger partial charge on any atom is -0.411 e. The van der Waals surface area contributed by atoms with Crippen molar-refractivity contribution in [3.8, 4) is 0 Å². The molecular formula is C24H33NO3. The molecule has 0 aromatic heterocycles. The van der Waals surface area contributed by atoms with E-state index in [9.17, 15) is 5.21 Å². The molecule has 1 N–H and O–H groups in total. The highest BCUT2D eigenvalue weighted by molar-refractivity contribution is 5.96. The van der Waals surface area contributed by atoms with Crippen molar-refractivity contribution in [3.05, 3.63) is 36.5 Å². The number of oxime groups is 1. The first-order valence-electron chi connectivity index (χ1n) is 11.0. The highest BCUT2D eigenvalue weighted by Crippen LogP contribution is 2.68. The van der Waals surface area contributed by atoms with E-state index >= 15 is 0 Å². The number of allylic oxidation sites excluding steroid dienone is 3. The lowest BCUT2D eigenvalue weighted by Gasteiger charge is -2.57.